The minimum atomic E-state index is -0.665. The third-order valence-electron chi connectivity index (χ3n) is 1.53. The smallest absolute Gasteiger partial charge is 0.316 e. The van der Waals surface area contributed by atoms with Crippen LogP contribution in [0, 0.1) is 0 Å². The Labute approximate surface area is 80.2 Å². The Morgan fingerprint density at radius 2 is 2.14 bits per heavy atom. The van der Waals surface area contributed by atoms with E-state index in [1.165, 1.54) is 0 Å². The Balaban J connectivity index is 2.95. The molecule has 6 nitrogen and oxygen atoms in total. The molecule has 0 spiro atoms. The van der Waals surface area contributed by atoms with Gasteiger partial charge in [-0.15, -0.1) is 0 Å². The molecule has 6 heteroatoms. The van der Waals surface area contributed by atoms with Crippen molar-refractivity contribution in [3.8, 4) is 0 Å². The van der Waals surface area contributed by atoms with Crippen LogP contribution in [0.15, 0.2) is 29.4 Å². The van der Waals surface area contributed by atoms with Crippen LogP contribution in [0.4, 0.5) is 10.5 Å². The van der Waals surface area contributed by atoms with Crippen molar-refractivity contribution in [2.45, 2.75) is 0 Å². The number of hydrogen-bond donors (Lipinski definition) is 4. The fourth-order valence-electron chi connectivity index (χ4n) is 0.956. The molecule has 0 atom stereocenters. The molecular formula is C8H10N4O2. The minimum Gasteiger partial charge on any atom is -0.409 e. The number of carbonyl (C=O) groups is 1. The van der Waals surface area contributed by atoms with Gasteiger partial charge >= 0.3 is 6.03 Å². The van der Waals surface area contributed by atoms with Crippen molar-refractivity contribution in [3.63, 3.8) is 0 Å². The highest BCUT2D eigenvalue weighted by molar-refractivity contribution is 5.98. The second-order valence-corrected chi connectivity index (χ2v) is 2.56. The summed E-state index contributed by atoms with van der Waals surface area (Å²) in [7, 11) is 0. The lowest BCUT2D eigenvalue weighted by Crippen LogP contribution is -2.20. The number of amides is 2. The molecular weight excluding hydrogens is 184 g/mol. The highest BCUT2D eigenvalue weighted by atomic mass is 16.4. The van der Waals surface area contributed by atoms with Crippen LogP contribution in [-0.4, -0.2) is 17.1 Å². The van der Waals surface area contributed by atoms with Gasteiger partial charge in [0, 0.05) is 11.3 Å². The number of hydrogen-bond acceptors (Lipinski definition) is 3. The molecule has 0 saturated carbocycles. The minimum absolute atomic E-state index is 0.0295. The van der Waals surface area contributed by atoms with Crippen LogP contribution >= 0.6 is 0 Å². The van der Waals surface area contributed by atoms with Gasteiger partial charge in [-0.05, 0) is 12.1 Å². The van der Waals surface area contributed by atoms with Crippen molar-refractivity contribution in [1.29, 1.82) is 0 Å². The van der Waals surface area contributed by atoms with E-state index in [0.29, 0.717) is 11.3 Å². The van der Waals surface area contributed by atoms with E-state index in [-0.39, 0.29) is 5.84 Å². The molecule has 0 fully saturated rings. The first-order valence-electron chi connectivity index (χ1n) is 3.78. The first-order valence-corrected chi connectivity index (χ1v) is 3.78. The van der Waals surface area contributed by atoms with E-state index in [0.717, 1.165) is 0 Å². The fourth-order valence-corrected chi connectivity index (χ4v) is 0.956. The van der Waals surface area contributed by atoms with Gasteiger partial charge in [0.25, 0.3) is 0 Å². The van der Waals surface area contributed by atoms with Crippen molar-refractivity contribution in [2.75, 3.05) is 5.32 Å². The average molecular weight is 194 g/mol. The largest absolute Gasteiger partial charge is 0.409 e. The van der Waals surface area contributed by atoms with Crippen LogP contribution in [0.25, 0.3) is 0 Å². The second-order valence-electron chi connectivity index (χ2n) is 2.56. The van der Waals surface area contributed by atoms with E-state index in [1.807, 2.05) is 0 Å². The molecule has 0 radical (unpaired) electrons. The van der Waals surface area contributed by atoms with E-state index in [2.05, 4.69) is 10.5 Å². The van der Waals surface area contributed by atoms with Crippen LogP contribution in [0.5, 0.6) is 0 Å². The summed E-state index contributed by atoms with van der Waals surface area (Å²) in [6, 6.07) is 5.81. The fraction of sp³-hybridized carbons (Fsp3) is 0. The lowest BCUT2D eigenvalue weighted by molar-refractivity contribution is 0.259. The Bertz CT molecular complexity index is 375. The molecule has 2 amide bonds. The SMILES string of the molecule is NC(=O)Nc1cccc(/C(N)=N/O)c1. The molecule has 1 aromatic carbocycles. The number of urea groups is 1. The number of nitrogens with two attached hydrogens (primary N) is 2. The normalized spacial score (nSPS) is 11.0. The summed E-state index contributed by atoms with van der Waals surface area (Å²) in [4.78, 5) is 10.5. The van der Waals surface area contributed by atoms with Gasteiger partial charge in [0.2, 0.25) is 0 Å². The van der Waals surface area contributed by atoms with Gasteiger partial charge in [0.15, 0.2) is 5.84 Å². The predicted octanol–water partition coefficient (Wildman–Crippen LogP) is 0.272. The van der Waals surface area contributed by atoms with Crippen LogP contribution < -0.4 is 16.8 Å². The van der Waals surface area contributed by atoms with Gasteiger partial charge in [-0.3, -0.25) is 0 Å². The molecule has 0 bridgehead atoms. The van der Waals surface area contributed by atoms with Crippen molar-refractivity contribution in [1.82, 2.24) is 0 Å². The van der Waals surface area contributed by atoms with Crippen LogP contribution in [-0.2, 0) is 0 Å². The summed E-state index contributed by atoms with van der Waals surface area (Å²) in [5, 5.41) is 13.6. The summed E-state index contributed by atoms with van der Waals surface area (Å²) in [6.45, 7) is 0. The molecule has 0 aliphatic heterocycles. The van der Waals surface area contributed by atoms with E-state index in [1.54, 1.807) is 24.3 Å². The third-order valence-corrected chi connectivity index (χ3v) is 1.53. The maximum absolute atomic E-state index is 10.5. The highest BCUT2D eigenvalue weighted by Gasteiger charge is 2.01. The van der Waals surface area contributed by atoms with Gasteiger partial charge in [0.1, 0.15) is 0 Å². The van der Waals surface area contributed by atoms with Crippen molar-refractivity contribution in [3.05, 3.63) is 29.8 Å². The number of oxime groups is 1. The monoisotopic (exact) mass is 194 g/mol. The number of nitrogens with one attached hydrogen (secondary N) is 1. The number of amidine groups is 1. The summed E-state index contributed by atoms with van der Waals surface area (Å²) in [5.41, 5.74) is 11.3. The molecule has 0 heterocycles. The Morgan fingerprint density at radius 3 is 2.71 bits per heavy atom. The second kappa shape index (κ2) is 4.13. The van der Waals surface area contributed by atoms with Crippen LogP contribution in [0.1, 0.15) is 5.56 Å². The molecule has 1 rings (SSSR count). The average Bonchev–Trinajstić information content (AvgIpc) is 2.16. The summed E-state index contributed by atoms with van der Waals surface area (Å²) < 4.78 is 0. The Kier molecular flexibility index (Phi) is 2.90. The lowest BCUT2D eigenvalue weighted by atomic mass is 10.2. The topological polar surface area (TPSA) is 114 Å². The van der Waals surface area contributed by atoms with Gasteiger partial charge in [-0.1, -0.05) is 17.3 Å². The number of anilines is 1. The molecule has 0 unspecified atom stereocenters. The summed E-state index contributed by atoms with van der Waals surface area (Å²) >= 11 is 0. The predicted molar refractivity (Wildman–Crippen MR) is 52.2 cm³/mol. The first kappa shape index (κ1) is 9.85. The molecule has 0 aromatic heterocycles. The molecule has 0 saturated heterocycles. The summed E-state index contributed by atoms with van der Waals surface area (Å²) in [5.74, 6) is -0.0295. The van der Waals surface area contributed by atoms with Crippen molar-refractivity contribution >= 4 is 17.6 Å². The maximum atomic E-state index is 10.5. The number of carbonyl (C=O) groups excluding carboxylic acids is 1. The zero-order valence-electron chi connectivity index (χ0n) is 7.27. The summed E-state index contributed by atoms with van der Waals surface area (Å²) in [6.07, 6.45) is 0. The highest BCUT2D eigenvalue weighted by Crippen LogP contribution is 2.09. The van der Waals surface area contributed by atoms with Crippen molar-refractivity contribution < 1.29 is 10.0 Å². The van der Waals surface area contributed by atoms with E-state index >= 15 is 0 Å². The third kappa shape index (κ3) is 2.37. The van der Waals surface area contributed by atoms with Crippen LogP contribution in [0.2, 0.25) is 0 Å². The molecule has 6 N–H and O–H groups in total. The maximum Gasteiger partial charge on any atom is 0.316 e. The number of rotatable bonds is 2. The van der Waals surface area contributed by atoms with E-state index < -0.39 is 6.03 Å². The quantitative estimate of drug-likeness (QED) is 0.234. The standard InChI is InChI=1S/C8H10N4O2/c9-7(12-14)5-2-1-3-6(4-5)11-8(10)13/h1-4,14H,(H2,9,12)(H3,10,11,13). The zero-order chi connectivity index (χ0) is 10.6. The number of primary amides is 1. The number of nitrogens with zero attached hydrogens (tertiary/aromatic N) is 1. The van der Waals surface area contributed by atoms with E-state index in [4.69, 9.17) is 16.7 Å². The van der Waals surface area contributed by atoms with Crippen LogP contribution in [0.3, 0.4) is 0 Å². The molecule has 0 aliphatic carbocycles. The lowest BCUT2D eigenvalue weighted by Gasteiger charge is -2.03. The zero-order valence-corrected chi connectivity index (χ0v) is 7.27. The molecule has 0 aliphatic rings. The van der Waals surface area contributed by atoms with E-state index in [9.17, 15) is 4.79 Å². The Hall–Kier alpha value is -2.24. The van der Waals surface area contributed by atoms with Gasteiger partial charge in [-0.2, -0.15) is 0 Å². The van der Waals surface area contributed by atoms with Gasteiger partial charge in [-0.25, -0.2) is 4.79 Å². The molecule has 14 heavy (non-hydrogen) atoms. The molecule has 1 aromatic rings. The van der Waals surface area contributed by atoms with Gasteiger partial charge < -0.3 is 22.0 Å². The Morgan fingerprint density at radius 1 is 1.43 bits per heavy atom. The van der Waals surface area contributed by atoms with Crippen molar-refractivity contribution in [2.24, 2.45) is 16.6 Å². The number of benzene rings is 1. The molecule has 74 valence electrons. The van der Waals surface area contributed by atoms with Gasteiger partial charge in [0.05, 0.1) is 0 Å². The first-order chi connectivity index (χ1) is 6.63.